The number of hydrogen-bond donors (Lipinski definition) is 3. The molecular formula is C21H22N6O2. The van der Waals surface area contributed by atoms with Gasteiger partial charge in [-0.1, -0.05) is 24.3 Å². The zero-order valence-corrected chi connectivity index (χ0v) is 15.8. The lowest BCUT2D eigenvalue weighted by Gasteiger charge is -2.19. The molecule has 2 unspecified atom stereocenters. The lowest BCUT2D eigenvalue weighted by atomic mass is 10.2. The minimum atomic E-state index is -0.604. The van der Waals surface area contributed by atoms with Gasteiger partial charge in [-0.05, 0) is 36.4 Å². The Bertz CT molecular complexity index is 1030. The summed E-state index contributed by atoms with van der Waals surface area (Å²) in [6.45, 7) is 3.66. The maximum atomic E-state index is 11.3. The highest BCUT2D eigenvalue weighted by Crippen LogP contribution is 2.51. The summed E-state index contributed by atoms with van der Waals surface area (Å²) >= 11 is 0. The van der Waals surface area contributed by atoms with E-state index in [2.05, 4.69) is 38.4 Å². The number of pyridine rings is 1. The second-order valence-corrected chi connectivity index (χ2v) is 7.74. The summed E-state index contributed by atoms with van der Waals surface area (Å²) in [6, 6.07) is 12.4. The first-order chi connectivity index (χ1) is 14.2. The summed E-state index contributed by atoms with van der Waals surface area (Å²) in [5.41, 5.74) is 3.93. The first-order valence-electron chi connectivity index (χ1n) is 9.80. The van der Waals surface area contributed by atoms with Crippen molar-refractivity contribution in [1.29, 1.82) is 0 Å². The molecule has 8 nitrogen and oxygen atoms in total. The van der Waals surface area contributed by atoms with E-state index in [-0.39, 0.29) is 5.56 Å². The van der Waals surface area contributed by atoms with E-state index in [4.69, 9.17) is 10.2 Å². The maximum absolute atomic E-state index is 11.3. The van der Waals surface area contributed by atoms with E-state index < -0.39 is 5.91 Å². The van der Waals surface area contributed by atoms with Crippen molar-refractivity contribution in [1.82, 2.24) is 25.7 Å². The molecule has 3 heterocycles. The lowest BCUT2D eigenvalue weighted by Crippen LogP contribution is -2.29. The quantitative estimate of drug-likeness (QED) is 0.434. The fraction of sp³-hybridized carbons (Fsp3) is 0.333. The number of anilines is 1. The van der Waals surface area contributed by atoms with Gasteiger partial charge in [0.25, 0.3) is 5.91 Å². The minimum absolute atomic E-state index is 0.241. The SMILES string of the molecule is O=C(NO)c1cnc(N2CC3C(CNCc4ccc5ccccc5n4)C3C2)nc1. The van der Waals surface area contributed by atoms with Crippen LogP contribution in [0.3, 0.4) is 0 Å². The van der Waals surface area contributed by atoms with Crippen molar-refractivity contribution in [2.24, 2.45) is 17.8 Å². The number of aromatic nitrogens is 3. The summed E-state index contributed by atoms with van der Waals surface area (Å²) in [4.78, 5) is 26.7. The third kappa shape index (κ3) is 3.52. The Kier molecular flexibility index (Phi) is 4.57. The fourth-order valence-corrected chi connectivity index (χ4v) is 4.36. The normalized spacial score (nSPS) is 22.5. The van der Waals surface area contributed by atoms with Gasteiger partial charge < -0.3 is 10.2 Å². The number of para-hydroxylation sites is 1. The van der Waals surface area contributed by atoms with Crippen LogP contribution in [0.15, 0.2) is 48.8 Å². The van der Waals surface area contributed by atoms with Crippen molar-refractivity contribution < 1.29 is 10.0 Å². The molecule has 3 N–H and O–H groups in total. The number of nitrogens with one attached hydrogen (secondary N) is 2. The van der Waals surface area contributed by atoms with Crippen LogP contribution in [-0.4, -0.2) is 45.7 Å². The number of carbonyl (C=O) groups excluding carboxylic acids is 1. The van der Waals surface area contributed by atoms with E-state index >= 15 is 0 Å². The van der Waals surface area contributed by atoms with Crippen LogP contribution < -0.4 is 15.7 Å². The number of hydroxylamine groups is 1. The fourth-order valence-electron chi connectivity index (χ4n) is 4.36. The van der Waals surface area contributed by atoms with E-state index in [1.165, 1.54) is 17.8 Å². The Labute approximate surface area is 168 Å². The molecule has 2 atom stereocenters. The Balaban J connectivity index is 1.10. The molecule has 2 aliphatic rings. The van der Waals surface area contributed by atoms with Gasteiger partial charge in [-0.25, -0.2) is 15.4 Å². The van der Waals surface area contributed by atoms with E-state index in [9.17, 15) is 4.79 Å². The Hall–Kier alpha value is -3.10. The van der Waals surface area contributed by atoms with E-state index in [0.29, 0.717) is 23.7 Å². The topological polar surface area (TPSA) is 103 Å². The van der Waals surface area contributed by atoms with Crippen LogP contribution in [-0.2, 0) is 6.54 Å². The van der Waals surface area contributed by atoms with Crippen molar-refractivity contribution in [2.45, 2.75) is 6.54 Å². The molecule has 1 aliphatic carbocycles. The number of benzene rings is 1. The molecule has 5 rings (SSSR count). The van der Waals surface area contributed by atoms with Crippen LogP contribution in [0.1, 0.15) is 16.1 Å². The molecule has 29 heavy (non-hydrogen) atoms. The largest absolute Gasteiger partial charge is 0.340 e. The highest BCUT2D eigenvalue weighted by Gasteiger charge is 2.55. The highest BCUT2D eigenvalue weighted by atomic mass is 16.5. The first kappa shape index (κ1) is 18.0. The molecule has 3 aromatic rings. The zero-order chi connectivity index (χ0) is 19.8. The molecule has 148 valence electrons. The van der Waals surface area contributed by atoms with Crippen LogP contribution >= 0.6 is 0 Å². The van der Waals surface area contributed by atoms with Crippen molar-refractivity contribution in [2.75, 3.05) is 24.5 Å². The smallest absolute Gasteiger partial charge is 0.277 e. The third-order valence-electron chi connectivity index (χ3n) is 6.00. The summed E-state index contributed by atoms with van der Waals surface area (Å²) in [6.07, 6.45) is 2.88. The average molecular weight is 390 g/mol. The molecule has 0 bridgehead atoms. The molecule has 1 saturated carbocycles. The molecular weight excluding hydrogens is 368 g/mol. The molecule has 1 aromatic carbocycles. The van der Waals surface area contributed by atoms with Crippen LogP contribution in [0.5, 0.6) is 0 Å². The second-order valence-electron chi connectivity index (χ2n) is 7.74. The van der Waals surface area contributed by atoms with Crippen LogP contribution in [0, 0.1) is 17.8 Å². The minimum Gasteiger partial charge on any atom is -0.340 e. The van der Waals surface area contributed by atoms with Gasteiger partial charge in [0.15, 0.2) is 0 Å². The Morgan fingerprint density at radius 1 is 1.10 bits per heavy atom. The predicted octanol–water partition coefficient (Wildman–Crippen LogP) is 1.62. The van der Waals surface area contributed by atoms with Gasteiger partial charge in [0.2, 0.25) is 5.95 Å². The summed E-state index contributed by atoms with van der Waals surface area (Å²) in [7, 11) is 0. The van der Waals surface area contributed by atoms with Crippen molar-refractivity contribution in [3.8, 4) is 0 Å². The van der Waals surface area contributed by atoms with Gasteiger partial charge >= 0.3 is 0 Å². The molecule has 8 heteroatoms. The maximum Gasteiger partial charge on any atom is 0.277 e. The zero-order valence-electron chi connectivity index (χ0n) is 15.8. The number of amides is 1. The van der Waals surface area contributed by atoms with Gasteiger partial charge in [0.05, 0.1) is 16.8 Å². The van der Waals surface area contributed by atoms with Gasteiger partial charge in [-0.2, -0.15) is 0 Å². The van der Waals surface area contributed by atoms with E-state index in [1.807, 2.05) is 18.2 Å². The Morgan fingerprint density at radius 2 is 1.86 bits per heavy atom. The number of piperidine rings is 1. The lowest BCUT2D eigenvalue weighted by molar-refractivity contribution is 0.0705. The van der Waals surface area contributed by atoms with Crippen LogP contribution in [0.4, 0.5) is 5.95 Å². The van der Waals surface area contributed by atoms with Gasteiger partial charge in [-0.3, -0.25) is 15.0 Å². The molecule has 1 aliphatic heterocycles. The molecule has 0 radical (unpaired) electrons. The van der Waals surface area contributed by atoms with E-state index in [1.54, 1.807) is 5.48 Å². The highest BCUT2D eigenvalue weighted by molar-refractivity contribution is 5.92. The monoisotopic (exact) mass is 390 g/mol. The first-order valence-corrected chi connectivity index (χ1v) is 9.80. The average Bonchev–Trinajstić information content (AvgIpc) is 3.21. The summed E-state index contributed by atoms with van der Waals surface area (Å²) in [5.74, 6) is 2.05. The van der Waals surface area contributed by atoms with Crippen LogP contribution in [0.2, 0.25) is 0 Å². The standard InChI is InChI=1S/C21H22N6O2/c28-20(26-29)14-7-23-21(24-8-14)27-11-17-16(18(17)12-27)10-22-9-15-6-5-13-3-1-2-4-19(13)25-15/h1-8,16-18,22,29H,9-12H2,(H,26,28). The second kappa shape index (κ2) is 7.38. The third-order valence-corrected chi connectivity index (χ3v) is 6.00. The molecule has 0 spiro atoms. The van der Waals surface area contributed by atoms with Gasteiger partial charge in [-0.15, -0.1) is 0 Å². The number of nitrogens with zero attached hydrogens (tertiary/aromatic N) is 4. The van der Waals surface area contributed by atoms with Crippen molar-refractivity contribution in [3.05, 3.63) is 60.0 Å². The van der Waals surface area contributed by atoms with Gasteiger partial charge in [0, 0.05) is 37.4 Å². The number of carbonyl (C=O) groups is 1. The Morgan fingerprint density at radius 3 is 2.62 bits per heavy atom. The van der Waals surface area contributed by atoms with E-state index in [0.717, 1.165) is 37.4 Å². The van der Waals surface area contributed by atoms with Gasteiger partial charge in [0.1, 0.15) is 0 Å². The number of hydrogen-bond acceptors (Lipinski definition) is 7. The van der Waals surface area contributed by atoms with Crippen LogP contribution in [0.25, 0.3) is 10.9 Å². The number of fused-ring (bicyclic) bond motifs is 2. The predicted molar refractivity (Wildman–Crippen MR) is 107 cm³/mol. The molecule has 1 saturated heterocycles. The molecule has 1 amide bonds. The number of rotatable bonds is 6. The van der Waals surface area contributed by atoms with Crippen molar-refractivity contribution >= 4 is 22.8 Å². The summed E-state index contributed by atoms with van der Waals surface area (Å²) in [5, 5.41) is 13.4. The summed E-state index contributed by atoms with van der Waals surface area (Å²) < 4.78 is 0. The van der Waals surface area contributed by atoms with Crippen molar-refractivity contribution in [3.63, 3.8) is 0 Å². The molecule has 2 fully saturated rings. The molecule has 2 aromatic heterocycles.